The molecule has 7 nitrogen and oxygen atoms in total. The van der Waals surface area contributed by atoms with Gasteiger partial charge in [0, 0.05) is 38.0 Å². The summed E-state index contributed by atoms with van der Waals surface area (Å²) >= 11 is 0. The van der Waals surface area contributed by atoms with Gasteiger partial charge in [0.25, 0.3) is 5.91 Å². The molecule has 1 spiro atoms. The quantitative estimate of drug-likeness (QED) is 0.876. The fraction of sp³-hybridized carbons (Fsp3) is 0.476. The number of hydrogen-bond donors (Lipinski definition) is 1. The van der Waals surface area contributed by atoms with Crippen LogP contribution in [-0.2, 0) is 9.47 Å². The number of anilines is 1. The summed E-state index contributed by atoms with van der Waals surface area (Å²) in [5.74, 6) is 0.664. The van der Waals surface area contributed by atoms with E-state index < -0.39 is 5.79 Å². The summed E-state index contributed by atoms with van der Waals surface area (Å²) < 4.78 is 11.5. The fourth-order valence-corrected chi connectivity index (χ4v) is 3.80. The Morgan fingerprint density at radius 3 is 2.50 bits per heavy atom. The lowest BCUT2D eigenvalue weighted by Crippen LogP contribution is -2.47. The first-order chi connectivity index (χ1) is 13.5. The number of nitrogens with zero attached hydrogens (tertiary/aromatic N) is 3. The Morgan fingerprint density at radius 1 is 1.14 bits per heavy atom. The molecule has 2 fully saturated rings. The van der Waals surface area contributed by atoms with Gasteiger partial charge in [0.15, 0.2) is 5.79 Å². The van der Waals surface area contributed by atoms with E-state index in [4.69, 9.17) is 9.47 Å². The third-order valence-electron chi connectivity index (χ3n) is 5.35. The van der Waals surface area contributed by atoms with Crippen LogP contribution in [0.25, 0.3) is 0 Å². The molecule has 1 atom stereocenters. The number of carbonyl (C=O) groups is 1. The Kier molecular flexibility index (Phi) is 5.28. The van der Waals surface area contributed by atoms with Gasteiger partial charge in [-0.3, -0.25) is 4.79 Å². The number of benzene rings is 1. The monoisotopic (exact) mass is 382 g/mol. The molecule has 1 aromatic carbocycles. The zero-order chi connectivity index (χ0) is 19.6. The van der Waals surface area contributed by atoms with Crippen LogP contribution in [0.1, 0.15) is 47.7 Å². The average Bonchev–Trinajstić information content (AvgIpc) is 3.16. The van der Waals surface area contributed by atoms with Gasteiger partial charge in [0.05, 0.1) is 13.2 Å². The molecule has 1 aromatic heterocycles. The Morgan fingerprint density at radius 2 is 1.82 bits per heavy atom. The summed E-state index contributed by atoms with van der Waals surface area (Å²) in [6, 6.07) is 11.9. The zero-order valence-electron chi connectivity index (χ0n) is 16.4. The largest absolute Gasteiger partial charge is 0.363 e. The fourth-order valence-electron chi connectivity index (χ4n) is 3.80. The molecule has 4 rings (SSSR count). The van der Waals surface area contributed by atoms with Crippen molar-refractivity contribution >= 4 is 11.7 Å². The maximum atomic E-state index is 13.0. The van der Waals surface area contributed by atoms with Gasteiger partial charge in [0.1, 0.15) is 17.3 Å². The Balaban J connectivity index is 1.45. The van der Waals surface area contributed by atoms with E-state index in [9.17, 15) is 4.79 Å². The molecule has 28 heavy (non-hydrogen) atoms. The summed E-state index contributed by atoms with van der Waals surface area (Å²) in [4.78, 5) is 23.6. The van der Waals surface area contributed by atoms with Gasteiger partial charge in [-0.1, -0.05) is 30.3 Å². The minimum Gasteiger partial charge on any atom is -0.363 e. The molecule has 7 heteroatoms. The van der Waals surface area contributed by atoms with E-state index in [0.29, 0.717) is 56.5 Å². The van der Waals surface area contributed by atoms with Crippen LogP contribution in [0.15, 0.2) is 36.4 Å². The molecule has 0 aliphatic carbocycles. The van der Waals surface area contributed by atoms with Crippen molar-refractivity contribution in [1.82, 2.24) is 14.9 Å². The second kappa shape index (κ2) is 7.85. The normalized spacial score (nSPS) is 19.6. The van der Waals surface area contributed by atoms with Crippen molar-refractivity contribution in [2.45, 2.75) is 38.5 Å². The molecule has 2 saturated heterocycles. The number of rotatable bonds is 4. The minimum absolute atomic E-state index is 0.0740. The number of ether oxygens (including phenoxy) is 2. The smallest absolute Gasteiger partial charge is 0.272 e. The van der Waals surface area contributed by atoms with Crippen LogP contribution in [0.4, 0.5) is 5.82 Å². The number of carbonyl (C=O) groups excluding carboxylic acids is 1. The number of aromatic nitrogens is 2. The van der Waals surface area contributed by atoms with Gasteiger partial charge in [-0.25, -0.2) is 9.97 Å². The number of likely N-dealkylation sites (tertiary alicyclic amines) is 1. The first-order valence-electron chi connectivity index (χ1n) is 9.79. The molecular weight excluding hydrogens is 356 g/mol. The Hall–Kier alpha value is -2.51. The Bertz CT molecular complexity index is 827. The van der Waals surface area contributed by atoms with Crippen molar-refractivity contribution < 1.29 is 14.3 Å². The highest BCUT2D eigenvalue weighted by Crippen LogP contribution is 2.31. The van der Waals surface area contributed by atoms with Crippen LogP contribution in [0, 0.1) is 6.92 Å². The lowest BCUT2D eigenvalue weighted by Gasteiger charge is -2.37. The predicted molar refractivity (Wildman–Crippen MR) is 105 cm³/mol. The van der Waals surface area contributed by atoms with E-state index in [1.165, 1.54) is 0 Å². The van der Waals surface area contributed by atoms with Crippen LogP contribution in [-0.4, -0.2) is 52.9 Å². The second-order valence-electron chi connectivity index (χ2n) is 7.36. The maximum absolute atomic E-state index is 13.0. The van der Waals surface area contributed by atoms with Crippen molar-refractivity contribution in [3.8, 4) is 0 Å². The van der Waals surface area contributed by atoms with E-state index in [0.717, 1.165) is 5.56 Å². The standard InChI is InChI=1S/C21H26N4O3/c1-15(17-6-4-3-5-7-17)22-19-14-18(23-16(2)24-19)20(26)25-10-8-21(9-11-25)27-12-13-28-21/h3-7,14-15H,8-13H2,1-2H3,(H,22,23,24). The topological polar surface area (TPSA) is 76.6 Å². The van der Waals surface area contributed by atoms with Crippen molar-refractivity contribution in [2.75, 3.05) is 31.6 Å². The first-order valence-corrected chi connectivity index (χ1v) is 9.79. The summed E-state index contributed by atoms with van der Waals surface area (Å²) in [6.45, 7) is 6.35. The predicted octanol–water partition coefficient (Wildman–Crippen LogP) is 2.94. The van der Waals surface area contributed by atoms with Crippen LogP contribution in [0.5, 0.6) is 0 Å². The van der Waals surface area contributed by atoms with Gasteiger partial charge in [-0.2, -0.15) is 0 Å². The van der Waals surface area contributed by atoms with Crippen molar-refractivity contribution in [1.29, 1.82) is 0 Å². The number of nitrogens with one attached hydrogen (secondary N) is 1. The zero-order valence-corrected chi connectivity index (χ0v) is 16.4. The van der Waals surface area contributed by atoms with E-state index in [1.807, 2.05) is 23.1 Å². The Labute approximate surface area is 165 Å². The van der Waals surface area contributed by atoms with Crippen LogP contribution in [0.2, 0.25) is 0 Å². The van der Waals surface area contributed by atoms with E-state index >= 15 is 0 Å². The summed E-state index contributed by atoms with van der Waals surface area (Å²) in [6.07, 6.45) is 1.39. The molecule has 2 aliphatic rings. The molecule has 0 saturated carbocycles. The molecule has 1 unspecified atom stereocenters. The molecule has 2 aromatic rings. The average molecular weight is 382 g/mol. The molecule has 3 heterocycles. The lowest BCUT2D eigenvalue weighted by molar-refractivity contribution is -0.181. The van der Waals surface area contributed by atoms with Crippen molar-refractivity contribution in [2.24, 2.45) is 0 Å². The van der Waals surface area contributed by atoms with Crippen LogP contribution < -0.4 is 5.32 Å². The highest BCUT2D eigenvalue weighted by molar-refractivity contribution is 5.93. The molecule has 2 aliphatic heterocycles. The molecule has 0 radical (unpaired) electrons. The number of aryl methyl sites for hydroxylation is 1. The van der Waals surface area contributed by atoms with Crippen molar-refractivity contribution in [3.63, 3.8) is 0 Å². The third kappa shape index (κ3) is 4.00. The van der Waals surface area contributed by atoms with Gasteiger partial charge >= 0.3 is 0 Å². The third-order valence-corrected chi connectivity index (χ3v) is 5.35. The van der Waals surface area contributed by atoms with Crippen LogP contribution >= 0.6 is 0 Å². The highest BCUT2D eigenvalue weighted by Gasteiger charge is 2.41. The lowest BCUT2D eigenvalue weighted by atomic mass is 10.0. The molecule has 0 bridgehead atoms. The van der Waals surface area contributed by atoms with Gasteiger partial charge in [-0.05, 0) is 19.4 Å². The van der Waals surface area contributed by atoms with E-state index in [1.54, 1.807) is 13.0 Å². The summed E-state index contributed by atoms with van der Waals surface area (Å²) in [5, 5.41) is 3.37. The number of hydrogen-bond acceptors (Lipinski definition) is 6. The molecule has 1 N–H and O–H groups in total. The van der Waals surface area contributed by atoms with Crippen molar-refractivity contribution in [3.05, 3.63) is 53.5 Å². The summed E-state index contributed by atoms with van der Waals surface area (Å²) in [7, 11) is 0. The first kappa shape index (κ1) is 18.8. The van der Waals surface area contributed by atoms with Crippen LogP contribution in [0.3, 0.4) is 0 Å². The van der Waals surface area contributed by atoms with Gasteiger partial charge in [-0.15, -0.1) is 0 Å². The minimum atomic E-state index is -0.490. The maximum Gasteiger partial charge on any atom is 0.272 e. The van der Waals surface area contributed by atoms with E-state index in [2.05, 4.69) is 34.3 Å². The van der Waals surface area contributed by atoms with Gasteiger partial charge < -0.3 is 19.7 Å². The summed E-state index contributed by atoms with van der Waals surface area (Å²) in [5.41, 5.74) is 1.57. The highest BCUT2D eigenvalue weighted by atomic mass is 16.7. The molecular formula is C21H26N4O3. The number of piperidine rings is 1. The van der Waals surface area contributed by atoms with E-state index in [-0.39, 0.29) is 11.9 Å². The second-order valence-corrected chi connectivity index (χ2v) is 7.36. The number of amides is 1. The molecule has 148 valence electrons. The molecule has 1 amide bonds. The van der Waals surface area contributed by atoms with Gasteiger partial charge in [0.2, 0.25) is 0 Å². The SMILES string of the molecule is Cc1nc(NC(C)c2ccccc2)cc(C(=O)N2CCC3(CC2)OCCO3)n1.